The van der Waals surface area contributed by atoms with Gasteiger partial charge in [-0.05, 0) is 36.1 Å². The molecular formula is C13H19NO3S. The monoisotopic (exact) mass is 269 g/mol. The van der Waals surface area contributed by atoms with E-state index in [4.69, 9.17) is 10.2 Å². The van der Waals surface area contributed by atoms with Crippen LogP contribution in [0.1, 0.15) is 23.8 Å². The molecule has 2 N–H and O–H groups in total. The minimum Gasteiger partial charge on any atom is -0.478 e. The molecule has 0 saturated heterocycles. The molecule has 0 fully saturated rings. The molecule has 0 unspecified atom stereocenters. The molecule has 0 aliphatic rings. The lowest BCUT2D eigenvalue weighted by Gasteiger charge is -2.18. The average molecular weight is 269 g/mol. The van der Waals surface area contributed by atoms with Gasteiger partial charge in [-0.15, -0.1) is 11.3 Å². The van der Waals surface area contributed by atoms with Gasteiger partial charge in [0.15, 0.2) is 0 Å². The van der Waals surface area contributed by atoms with Gasteiger partial charge in [-0.3, -0.25) is 4.90 Å². The molecule has 0 atom stereocenters. The van der Waals surface area contributed by atoms with Crippen LogP contribution in [0.2, 0.25) is 0 Å². The van der Waals surface area contributed by atoms with E-state index in [0.717, 1.165) is 37.7 Å². The maximum atomic E-state index is 10.4. The summed E-state index contributed by atoms with van der Waals surface area (Å²) in [5, 5.41) is 19.3. The minimum atomic E-state index is -0.930. The molecule has 18 heavy (non-hydrogen) atoms. The third-order valence-corrected chi connectivity index (χ3v) is 3.49. The highest BCUT2D eigenvalue weighted by atomic mass is 32.1. The van der Waals surface area contributed by atoms with Crippen molar-refractivity contribution in [2.75, 3.05) is 19.7 Å². The van der Waals surface area contributed by atoms with Crippen LogP contribution in [-0.4, -0.2) is 40.8 Å². The zero-order valence-corrected chi connectivity index (χ0v) is 11.3. The molecule has 1 heterocycles. The van der Waals surface area contributed by atoms with Crippen LogP contribution in [-0.2, 0) is 11.3 Å². The number of nitrogens with zero attached hydrogens (tertiary/aromatic N) is 1. The third kappa shape index (κ3) is 5.44. The largest absolute Gasteiger partial charge is 0.478 e. The van der Waals surface area contributed by atoms with Gasteiger partial charge in [-0.1, -0.05) is 6.92 Å². The molecule has 5 heteroatoms. The number of aliphatic hydroxyl groups is 1. The lowest BCUT2D eigenvalue weighted by atomic mass is 10.2. The van der Waals surface area contributed by atoms with E-state index >= 15 is 0 Å². The van der Waals surface area contributed by atoms with Crippen LogP contribution < -0.4 is 0 Å². The second-order valence-corrected chi connectivity index (χ2v) is 4.96. The van der Waals surface area contributed by atoms with Crippen molar-refractivity contribution in [2.45, 2.75) is 19.9 Å². The summed E-state index contributed by atoms with van der Waals surface area (Å²) in [7, 11) is 0. The molecule has 1 aromatic rings. The smallest absolute Gasteiger partial charge is 0.328 e. The molecule has 100 valence electrons. The van der Waals surface area contributed by atoms with Gasteiger partial charge in [0.05, 0.1) is 0 Å². The van der Waals surface area contributed by atoms with E-state index in [9.17, 15) is 4.79 Å². The van der Waals surface area contributed by atoms with Crippen LogP contribution in [0.4, 0.5) is 0 Å². The van der Waals surface area contributed by atoms with Gasteiger partial charge < -0.3 is 10.2 Å². The van der Waals surface area contributed by atoms with Crippen molar-refractivity contribution in [2.24, 2.45) is 0 Å². The molecular weight excluding hydrogens is 250 g/mol. The van der Waals surface area contributed by atoms with Crippen molar-refractivity contribution in [1.29, 1.82) is 0 Å². The topological polar surface area (TPSA) is 60.8 Å². The summed E-state index contributed by atoms with van der Waals surface area (Å²) in [6.07, 6.45) is 3.53. The van der Waals surface area contributed by atoms with Crippen molar-refractivity contribution < 1.29 is 15.0 Å². The van der Waals surface area contributed by atoms with E-state index in [1.165, 1.54) is 4.88 Å². The van der Waals surface area contributed by atoms with E-state index < -0.39 is 5.97 Å². The fourth-order valence-electron chi connectivity index (χ4n) is 1.60. The highest BCUT2D eigenvalue weighted by Crippen LogP contribution is 2.18. The summed E-state index contributed by atoms with van der Waals surface area (Å²) in [5.41, 5.74) is 0.926. The predicted molar refractivity (Wildman–Crippen MR) is 73.6 cm³/mol. The second-order valence-electron chi connectivity index (χ2n) is 3.96. The van der Waals surface area contributed by atoms with E-state index in [-0.39, 0.29) is 6.61 Å². The Bertz CT molecular complexity index is 401. The summed E-state index contributed by atoms with van der Waals surface area (Å²) in [6, 6.07) is 2.01. The van der Waals surface area contributed by atoms with Crippen LogP contribution >= 0.6 is 11.3 Å². The van der Waals surface area contributed by atoms with Crippen LogP contribution in [0.25, 0.3) is 6.08 Å². The average Bonchev–Trinajstić information content (AvgIpc) is 2.79. The number of rotatable bonds is 8. The highest BCUT2D eigenvalue weighted by Gasteiger charge is 2.05. The van der Waals surface area contributed by atoms with Gasteiger partial charge in [0, 0.05) is 30.6 Å². The Kier molecular flexibility index (Phi) is 6.64. The molecule has 4 nitrogen and oxygen atoms in total. The summed E-state index contributed by atoms with van der Waals surface area (Å²) in [5.74, 6) is -0.930. The molecule has 0 saturated carbocycles. The number of aliphatic carboxylic acids is 1. The first-order chi connectivity index (χ1) is 8.65. The number of carboxylic acids is 1. The van der Waals surface area contributed by atoms with Crippen LogP contribution in [0, 0.1) is 0 Å². The van der Waals surface area contributed by atoms with Gasteiger partial charge in [-0.25, -0.2) is 4.79 Å². The first-order valence-electron chi connectivity index (χ1n) is 5.97. The summed E-state index contributed by atoms with van der Waals surface area (Å²) in [4.78, 5) is 13.9. The Morgan fingerprint density at radius 3 is 2.94 bits per heavy atom. The van der Waals surface area contributed by atoms with Crippen LogP contribution in [0.3, 0.4) is 0 Å². The Labute approximate surface area is 111 Å². The fraction of sp³-hybridized carbons (Fsp3) is 0.462. The molecule has 0 amide bonds. The number of carboxylic acid groups (broad SMARTS) is 1. The first kappa shape index (κ1) is 14.9. The zero-order chi connectivity index (χ0) is 13.4. The highest BCUT2D eigenvalue weighted by molar-refractivity contribution is 7.10. The Balaban J connectivity index is 2.54. The SMILES string of the molecule is CCN(CCCO)Cc1cc(/C=C/C(=O)O)cs1. The molecule has 0 aromatic carbocycles. The first-order valence-corrected chi connectivity index (χ1v) is 6.85. The van der Waals surface area contributed by atoms with Crippen molar-refractivity contribution in [1.82, 2.24) is 4.90 Å². The maximum absolute atomic E-state index is 10.4. The minimum absolute atomic E-state index is 0.216. The normalized spacial score (nSPS) is 11.5. The standard InChI is InChI=1S/C13H19NO3S/c1-2-14(6-3-7-15)9-12-8-11(10-18-12)4-5-13(16)17/h4-5,8,10,15H,2-3,6-7,9H2,1H3,(H,16,17)/b5-4+. The van der Waals surface area contributed by atoms with Crippen molar-refractivity contribution in [3.05, 3.63) is 28.0 Å². The molecule has 1 aromatic heterocycles. The van der Waals surface area contributed by atoms with E-state index in [0.29, 0.717) is 0 Å². The van der Waals surface area contributed by atoms with Gasteiger partial charge in [0.2, 0.25) is 0 Å². The van der Waals surface area contributed by atoms with Crippen LogP contribution in [0.5, 0.6) is 0 Å². The quantitative estimate of drug-likeness (QED) is 0.709. The zero-order valence-electron chi connectivity index (χ0n) is 10.5. The fourth-order valence-corrected chi connectivity index (χ4v) is 2.49. The van der Waals surface area contributed by atoms with Gasteiger partial charge in [-0.2, -0.15) is 0 Å². The molecule has 0 aliphatic carbocycles. The summed E-state index contributed by atoms with van der Waals surface area (Å²) >= 11 is 1.63. The van der Waals surface area contributed by atoms with E-state index in [1.54, 1.807) is 17.4 Å². The summed E-state index contributed by atoms with van der Waals surface area (Å²) in [6.45, 7) is 4.98. The maximum Gasteiger partial charge on any atom is 0.328 e. The van der Waals surface area contributed by atoms with E-state index in [1.807, 2.05) is 11.4 Å². The van der Waals surface area contributed by atoms with Gasteiger partial charge in [0.1, 0.15) is 0 Å². The molecule has 0 spiro atoms. The number of aliphatic hydroxyl groups excluding tert-OH is 1. The molecule has 0 radical (unpaired) electrons. The Morgan fingerprint density at radius 2 is 2.33 bits per heavy atom. The summed E-state index contributed by atoms with van der Waals surface area (Å²) < 4.78 is 0. The molecule has 0 bridgehead atoms. The van der Waals surface area contributed by atoms with Crippen molar-refractivity contribution in [3.63, 3.8) is 0 Å². The predicted octanol–water partition coefficient (Wildman–Crippen LogP) is 2.05. The number of carbonyl (C=O) groups is 1. The van der Waals surface area contributed by atoms with Crippen molar-refractivity contribution >= 4 is 23.4 Å². The van der Waals surface area contributed by atoms with Gasteiger partial charge in [0.25, 0.3) is 0 Å². The lowest BCUT2D eigenvalue weighted by Crippen LogP contribution is -2.24. The second kappa shape index (κ2) is 8.02. The number of hydrogen-bond acceptors (Lipinski definition) is 4. The molecule has 1 rings (SSSR count). The lowest BCUT2D eigenvalue weighted by molar-refractivity contribution is -0.131. The third-order valence-electron chi connectivity index (χ3n) is 2.55. The Hall–Kier alpha value is -1.17. The number of hydrogen-bond donors (Lipinski definition) is 2. The van der Waals surface area contributed by atoms with E-state index in [2.05, 4.69) is 11.8 Å². The number of thiophene rings is 1. The van der Waals surface area contributed by atoms with Crippen molar-refractivity contribution in [3.8, 4) is 0 Å². The Morgan fingerprint density at radius 1 is 1.56 bits per heavy atom. The van der Waals surface area contributed by atoms with Crippen LogP contribution in [0.15, 0.2) is 17.5 Å². The molecule has 0 aliphatic heterocycles. The van der Waals surface area contributed by atoms with Gasteiger partial charge >= 0.3 is 5.97 Å².